The number of carbonyl (C=O) groups excluding carboxylic acids is 1. The predicted octanol–water partition coefficient (Wildman–Crippen LogP) is 3.56. The van der Waals surface area contributed by atoms with E-state index in [0.717, 1.165) is 27.5 Å². The summed E-state index contributed by atoms with van der Waals surface area (Å²) in [5.41, 5.74) is -2.28. The highest BCUT2D eigenvalue weighted by atomic mass is 35.5. The first kappa shape index (κ1) is 21.5. The molecular weight excluding hydrogens is 482 g/mol. The minimum absolute atomic E-state index is 0.0329. The van der Waals surface area contributed by atoms with E-state index in [1.807, 2.05) is 0 Å². The molecular formula is C19H10ClF4N9O. The van der Waals surface area contributed by atoms with Crippen molar-refractivity contribution in [2.45, 2.75) is 6.18 Å². The molecule has 1 amide bonds. The number of halogens is 5. The summed E-state index contributed by atoms with van der Waals surface area (Å²) in [6, 6.07) is 3.35. The standard InChI is InChI=1S/C19H10ClF4N9O/c20-12-7-10(8-26-16(12)33-27-3-4-28-33)30-18(34)11-9-29-32(15(11)19(22,23)24)14-2-1-13(21)17-25-5-6-31(14)17/h1-9H,(H,30,34). The summed E-state index contributed by atoms with van der Waals surface area (Å²) >= 11 is 6.15. The molecule has 0 saturated heterocycles. The van der Waals surface area contributed by atoms with Crippen LogP contribution in [0.2, 0.25) is 5.02 Å². The lowest BCUT2D eigenvalue weighted by atomic mass is 10.2. The topological polar surface area (TPSA) is 108 Å². The van der Waals surface area contributed by atoms with Crippen molar-refractivity contribution in [1.82, 2.24) is 39.1 Å². The molecule has 0 unspecified atom stereocenters. The minimum atomic E-state index is -4.98. The number of alkyl halides is 3. The summed E-state index contributed by atoms with van der Waals surface area (Å²) in [6.45, 7) is 0. The molecule has 1 N–H and O–H groups in total. The normalized spacial score (nSPS) is 11.8. The fraction of sp³-hybridized carbons (Fsp3) is 0.0526. The van der Waals surface area contributed by atoms with Crippen LogP contribution in [0.3, 0.4) is 0 Å². The molecule has 5 aromatic rings. The van der Waals surface area contributed by atoms with Crippen LogP contribution in [0.15, 0.2) is 55.4 Å². The average Bonchev–Trinajstić information content (AvgIpc) is 3.54. The Balaban J connectivity index is 1.53. The molecule has 0 aliphatic heterocycles. The van der Waals surface area contributed by atoms with Gasteiger partial charge in [0.1, 0.15) is 5.82 Å². The lowest BCUT2D eigenvalue weighted by Gasteiger charge is -2.14. The zero-order valence-corrected chi connectivity index (χ0v) is 17.3. The molecule has 0 radical (unpaired) electrons. The Bertz CT molecular complexity index is 1520. The second-order valence-electron chi connectivity index (χ2n) is 6.78. The van der Waals surface area contributed by atoms with Gasteiger partial charge in [0, 0.05) is 12.4 Å². The second kappa shape index (κ2) is 7.91. The molecule has 0 bridgehead atoms. The number of amides is 1. The van der Waals surface area contributed by atoms with Crippen molar-refractivity contribution in [2.75, 3.05) is 5.32 Å². The maximum atomic E-state index is 14.0. The van der Waals surface area contributed by atoms with Crippen molar-refractivity contribution in [3.8, 4) is 11.6 Å². The Labute approximate surface area is 191 Å². The van der Waals surface area contributed by atoms with Gasteiger partial charge in [0.15, 0.2) is 23.0 Å². The highest BCUT2D eigenvalue weighted by Crippen LogP contribution is 2.34. The number of nitrogens with one attached hydrogen (secondary N) is 1. The number of rotatable bonds is 4. The van der Waals surface area contributed by atoms with Crippen LogP contribution in [-0.2, 0) is 6.18 Å². The molecule has 0 fully saturated rings. The highest BCUT2D eigenvalue weighted by molar-refractivity contribution is 6.32. The number of carbonyl (C=O) groups is 1. The minimum Gasteiger partial charge on any atom is -0.320 e. The van der Waals surface area contributed by atoms with E-state index in [0.29, 0.717) is 4.68 Å². The van der Waals surface area contributed by atoms with Crippen LogP contribution in [0.5, 0.6) is 0 Å². The quantitative estimate of drug-likeness (QED) is 0.385. The first-order chi connectivity index (χ1) is 16.2. The van der Waals surface area contributed by atoms with Gasteiger partial charge in [-0.05, 0) is 18.2 Å². The van der Waals surface area contributed by atoms with Gasteiger partial charge in [-0.25, -0.2) is 19.0 Å². The summed E-state index contributed by atoms with van der Waals surface area (Å²) in [5.74, 6) is -1.84. The van der Waals surface area contributed by atoms with E-state index in [1.165, 1.54) is 37.1 Å². The lowest BCUT2D eigenvalue weighted by Crippen LogP contribution is -2.21. The Morgan fingerprint density at radius 2 is 1.79 bits per heavy atom. The smallest absolute Gasteiger partial charge is 0.320 e. The first-order valence-electron chi connectivity index (χ1n) is 9.35. The SMILES string of the molecule is O=C(Nc1cnc(-n2nccn2)c(Cl)c1)c1cnn(-c2ccc(F)c3nccn23)c1C(F)(F)F. The highest BCUT2D eigenvalue weighted by Gasteiger charge is 2.41. The molecule has 10 nitrogen and oxygen atoms in total. The number of hydrogen-bond donors (Lipinski definition) is 1. The molecule has 15 heteroatoms. The van der Waals surface area contributed by atoms with Gasteiger partial charge in [-0.3, -0.25) is 9.20 Å². The fourth-order valence-corrected chi connectivity index (χ4v) is 3.51. The van der Waals surface area contributed by atoms with Gasteiger partial charge in [-0.2, -0.15) is 28.5 Å². The molecule has 172 valence electrons. The van der Waals surface area contributed by atoms with E-state index in [9.17, 15) is 22.4 Å². The number of fused-ring (bicyclic) bond motifs is 1. The second-order valence-corrected chi connectivity index (χ2v) is 7.19. The molecule has 5 heterocycles. The van der Waals surface area contributed by atoms with E-state index in [4.69, 9.17) is 11.6 Å². The van der Waals surface area contributed by atoms with Crippen molar-refractivity contribution in [3.63, 3.8) is 0 Å². The maximum absolute atomic E-state index is 14.0. The summed E-state index contributed by atoms with van der Waals surface area (Å²) in [6.07, 6.45) is 2.29. The van der Waals surface area contributed by atoms with E-state index >= 15 is 0 Å². The van der Waals surface area contributed by atoms with Crippen LogP contribution in [0, 0.1) is 5.82 Å². The van der Waals surface area contributed by atoms with Crippen molar-refractivity contribution < 1.29 is 22.4 Å². The van der Waals surface area contributed by atoms with Gasteiger partial charge in [-0.15, -0.1) is 4.80 Å². The third kappa shape index (κ3) is 3.63. The summed E-state index contributed by atoms with van der Waals surface area (Å²) in [7, 11) is 0. The fourth-order valence-electron chi connectivity index (χ4n) is 3.27. The number of pyridine rings is 2. The molecule has 5 aromatic heterocycles. The number of hydrogen-bond acceptors (Lipinski definition) is 6. The summed E-state index contributed by atoms with van der Waals surface area (Å²) in [5, 5.41) is 13.9. The maximum Gasteiger partial charge on any atom is 0.434 e. The van der Waals surface area contributed by atoms with Crippen molar-refractivity contribution in [2.24, 2.45) is 0 Å². The van der Waals surface area contributed by atoms with Gasteiger partial charge in [0.05, 0.1) is 41.1 Å². The number of aromatic nitrogens is 8. The third-order valence-electron chi connectivity index (χ3n) is 4.67. The third-order valence-corrected chi connectivity index (χ3v) is 4.95. The Kier molecular flexibility index (Phi) is 5.01. The zero-order chi connectivity index (χ0) is 24.0. The first-order valence-corrected chi connectivity index (χ1v) is 9.72. The number of imidazole rings is 1. The lowest BCUT2D eigenvalue weighted by molar-refractivity contribution is -0.143. The zero-order valence-electron chi connectivity index (χ0n) is 16.6. The van der Waals surface area contributed by atoms with Crippen LogP contribution in [0.25, 0.3) is 17.3 Å². The van der Waals surface area contributed by atoms with Crippen LogP contribution in [-0.4, -0.2) is 45.1 Å². The molecule has 0 aliphatic rings. The Hall–Kier alpha value is -4.33. The van der Waals surface area contributed by atoms with E-state index in [1.54, 1.807) is 0 Å². The van der Waals surface area contributed by atoms with Gasteiger partial charge < -0.3 is 5.32 Å². The number of anilines is 1. The van der Waals surface area contributed by atoms with Crippen LogP contribution < -0.4 is 5.32 Å². The van der Waals surface area contributed by atoms with E-state index < -0.39 is 29.2 Å². The van der Waals surface area contributed by atoms with Crippen LogP contribution in [0.4, 0.5) is 23.2 Å². The molecule has 0 saturated carbocycles. The molecule has 0 spiro atoms. The largest absolute Gasteiger partial charge is 0.434 e. The van der Waals surface area contributed by atoms with Crippen molar-refractivity contribution >= 4 is 28.8 Å². The van der Waals surface area contributed by atoms with Gasteiger partial charge in [0.25, 0.3) is 5.91 Å². The predicted molar refractivity (Wildman–Crippen MR) is 109 cm³/mol. The van der Waals surface area contributed by atoms with Gasteiger partial charge in [-0.1, -0.05) is 11.6 Å². The van der Waals surface area contributed by atoms with Crippen molar-refractivity contribution in [3.05, 3.63) is 77.5 Å². The Morgan fingerprint density at radius 3 is 2.50 bits per heavy atom. The summed E-state index contributed by atoms with van der Waals surface area (Å²) in [4.78, 5) is 21.7. The monoisotopic (exact) mass is 491 g/mol. The molecule has 34 heavy (non-hydrogen) atoms. The van der Waals surface area contributed by atoms with Gasteiger partial charge in [0.2, 0.25) is 0 Å². The van der Waals surface area contributed by atoms with Gasteiger partial charge >= 0.3 is 6.18 Å². The average molecular weight is 492 g/mol. The summed E-state index contributed by atoms with van der Waals surface area (Å²) < 4.78 is 57.6. The molecule has 0 aromatic carbocycles. The van der Waals surface area contributed by atoms with E-state index in [2.05, 4.69) is 30.6 Å². The Morgan fingerprint density at radius 1 is 1.03 bits per heavy atom. The molecule has 5 rings (SSSR count). The van der Waals surface area contributed by atoms with Crippen LogP contribution in [0.1, 0.15) is 16.1 Å². The van der Waals surface area contributed by atoms with Crippen molar-refractivity contribution in [1.29, 1.82) is 0 Å². The molecule has 0 aliphatic carbocycles. The number of nitrogens with zero attached hydrogens (tertiary/aromatic N) is 8. The molecule has 0 atom stereocenters. The van der Waals surface area contributed by atoms with E-state index in [-0.39, 0.29) is 28.0 Å². The van der Waals surface area contributed by atoms with Crippen LogP contribution >= 0.6 is 11.6 Å².